The molecule has 0 aliphatic heterocycles. The summed E-state index contributed by atoms with van der Waals surface area (Å²) in [6.07, 6.45) is 3.83. The largest absolute Gasteiger partial charge is 0.334 e. The zero-order chi connectivity index (χ0) is 17.6. The second-order valence-corrected chi connectivity index (χ2v) is 6.59. The van der Waals surface area contributed by atoms with Gasteiger partial charge >= 0.3 is 0 Å². The van der Waals surface area contributed by atoms with Gasteiger partial charge in [0.25, 0.3) is 11.8 Å². The number of nitrogens with zero attached hydrogens (tertiary/aromatic N) is 4. The van der Waals surface area contributed by atoms with Gasteiger partial charge in [0.05, 0.1) is 6.20 Å². The zero-order valence-electron chi connectivity index (χ0n) is 14.4. The molecule has 3 aromatic rings. The second-order valence-electron chi connectivity index (χ2n) is 6.59. The van der Waals surface area contributed by atoms with Crippen molar-refractivity contribution in [1.29, 1.82) is 0 Å². The molecule has 0 bridgehead atoms. The molecule has 1 fully saturated rings. The number of aromatic nitrogens is 4. The molecule has 1 aromatic carbocycles. The van der Waals surface area contributed by atoms with Gasteiger partial charge in [-0.1, -0.05) is 22.3 Å². The molecule has 7 nitrogen and oxygen atoms in total. The van der Waals surface area contributed by atoms with Gasteiger partial charge in [-0.05, 0) is 38.8 Å². The van der Waals surface area contributed by atoms with Crippen LogP contribution in [0.2, 0.25) is 0 Å². The summed E-state index contributed by atoms with van der Waals surface area (Å²) in [7, 11) is 1.76. The van der Waals surface area contributed by atoms with E-state index in [2.05, 4.69) is 20.6 Å². The summed E-state index contributed by atoms with van der Waals surface area (Å²) >= 11 is 0. The van der Waals surface area contributed by atoms with Gasteiger partial charge in [0.1, 0.15) is 11.4 Å². The van der Waals surface area contributed by atoms with Gasteiger partial charge in [-0.15, -0.1) is 0 Å². The van der Waals surface area contributed by atoms with Crippen LogP contribution in [0.3, 0.4) is 0 Å². The Hall–Kier alpha value is -2.96. The van der Waals surface area contributed by atoms with E-state index in [-0.39, 0.29) is 5.91 Å². The van der Waals surface area contributed by atoms with Crippen molar-refractivity contribution in [2.75, 3.05) is 5.32 Å². The smallest absolute Gasteiger partial charge is 0.263 e. The third kappa shape index (κ3) is 3.05. The lowest BCUT2D eigenvalue weighted by molar-refractivity contribution is 0.102. The van der Waals surface area contributed by atoms with Crippen molar-refractivity contribution < 1.29 is 9.32 Å². The molecule has 2 aromatic heterocycles. The molecule has 1 saturated carbocycles. The van der Waals surface area contributed by atoms with Gasteiger partial charge in [-0.3, -0.25) is 9.48 Å². The Balaban J connectivity index is 1.63. The maximum atomic E-state index is 12.7. The fourth-order valence-corrected chi connectivity index (χ4v) is 2.88. The number of benzene rings is 1. The predicted molar refractivity (Wildman–Crippen MR) is 92.3 cm³/mol. The van der Waals surface area contributed by atoms with E-state index in [9.17, 15) is 4.79 Å². The molecule has 1 N–H and O–H groups in total. The number of carbonyl (C=O) groups is 1. The van der Waals surface area contributed by atoms with E-state index >= 15 is 0 Å². The van der Waals surface area contributed by atoms with E-state index in [1.54, 1.807) is 17.9 Å². The summed E-state index contributed by atoms with van der Waals surface area (Å²) in [5.74, 6) is 1.85. The first-order valence-corrected chi connectivity index (χ1v) is 8.27. The van der Waals surface area contributed by atoms with E-state index in [1.807, 2.05) is 32.0 Å². The van der Waals surface area contributed by atoms with Crippen LogP contribution in [0.25, 0.3) is 11.5 Å². The number of hydrogen-bond donors (Lipinski definition) is 1. The minimum absolute atomic E-state index is 0.196. The van der Waals surface area contributed by atoms with Crippen LogP contribution in [0.1, 0.15) is 46.1 Å². The summed E-state index contributed by atoms with van der Waals surface area (Å²) in [4.78, 5) is 17.1. The van der Waals surface area contributed by atoms with Crippen molar-refractivity contribution in [3.63, 3.8) is 0 Å². The first-order chi connectivity index (χ1) is 12.0. The van der Waals surface area contributed by atoms with Crippen LogP contribution >= 0.6 is 0 Å². The molecule has 25 heavy (non-hydrogen) atoms. The molecule has 128 valence electrons. The molecule has 1 aliphatic rings. The molecule has 1 amide bonds. The van der Waals surface area contributed by atoms with E-state index in [0.717, 1.165) is 29.8 Å². The Kier molecular flexibility index (Phi) is 3.63. The molecule has 7 heteroatoms. The molecule has 0 spiro atoms. The Morgan fingerprint density at radius 3 is 2.64 bits per heavy atom. The van der Waals surface area contributed by atoms with Crippen LogP contribution in [0.4, 0.5) is 5.82 Å². The molecule has 4 rings (SSSR count). The number of anilines is 1. The van der Waals surface area contributed by atoms with Crippen molar-refractivity contribution in [3.05, 3.63) is 46.9 Å². The molecule has 2 heterocycles. The molecular formula is C18H19N5O2. The normalized spacial score (nSPS) is 13.9. The van der Waals surface area contributed by atoms with Crippen molar-refractivity contribution in [1.82, 2.24) is 19.9 Å². The SMILES string of the molecule is Cc1cc(C)cc(C(=O)Nc2c(-c3nc(C4CC4)no3)cnn2C)c1. The van der Waals surface area contributed by atoms with Gasteiger partial charge in [-0.2, -0.15) is 10.1 Å². The maximum absolute atomic E-state index is 12.7. The van der Waals surface area contributed by atoms with Crippen LogP contribution in [0.15, 0.2) is 28.9 Å². The highest BCUT2D eigenvalue weighted by Crippen LogP contribution is 2.39. The van der Waals surface area contributed by atoms with Crippen LogP contribution in [0.5, 0.6) is 0 Å². The third-order valence-corrected chi connectivity index (χ3v) is 4.27. The van der Waals surface area contributed by atoms with Crippen LogP contribution in [-0.2, 0) is 7.05 Å². The Bertz CT molecular complexity index is 932. The van der Waals surface area contributed by atoms with Gasteiger partial charge in [0, 0.05) is 18.5 Å². The number of carbonyl (C=O) groups excluding carboxylic acids is 1. The number of hydrogen-bond acceptors (Lipinski definition) is 5. The predicted octanol–water partition coefficient (Wildman–Crippen LogP) is 3.22. The monoisotopic (exact) mass is 337 g/mol. The standard InChI is InChI=1S/C18H19N5O2/c1-10-6-11(2)8-13(7-10)17(24)21-16-14(9-19-23(16)3)18-20-15(22-25-18)12-4-5-12/h6-9,12H,4-5H2,1-3H3,(H,21,24). The Morgan fingerprint density at radius 1 is 1.24 bits per heavy atom. The summed E-state index contributed by atoms with van der Waals surface area (Å²) in [5, 5.41) is 11.2. The van der Waals surface area contributed by atoms with Gasteiger partial charge in [0.15, 0.2) is 5.82 Å². The van der Waals surface area contributed by atoms with Crippen molar-refractivity contribution in [2.45, 2.75) is 32.6 Å². The van der Waals surface area contributed by atoms with Crippen molar-refractivity contribution in [3.8, 4) is 11.5 Å². The maximum Gasteiger partial charge on any atom is 0.263 e. The quantitative estimate of drug-likeness (QED) is 0.790. The lowest BCUT2D eigenvalue weighted by atomic mass is 10.1. The van der Waals surface area contributed by atoms with E-state index < -0.39 is 0 Å². The van der Waals surface area contributed by atoms with Gasteiger partial charge in [-0.25, -0.2) is 0 Å². The van der Waals surface area contributed by atoms with Gasteiger partial charge < -0.3 is 9.84 Å². The summed E-state index contributed by atoms with van der Waals surface area (Å²) in [6, 6.07) is 5.75. The lowest BCUT2D eigenvalue weighted by Gasteiger charge is -2.08. The molecule has 0 radical (unpaired) electrons. The summed E-state index contributed by atoms with van der Waals surface area (Å²) in [6.45, 7) is 3.94. The first-order valence-electron chi connectivity index (χ1n) is 8.27. The lowest BCUT2D eigenvalue weighted by Crippen LogP contribution is -2.15. The number of nitrogens with one attached hydrogen (secondary N) is 1. The minimum Gasteiger partial charge on any atom is -0.334 e. The third-order valence-electron chi connectivity index (χ3n) is 4.27. The van der Waals surface area contributed by atoms with E-state index in [1.165, 1.54) is 0 Å². The highest BCUT2D eigenvalue weighted by atomic mass is 16.5. The number of amides is 1. The van der Waals surface area contributed by atoms with Crippen LogP contribution in [0, 0.1) is 13.8 Å². The molecule has 1 aliphatic carbocycles. The molecular weight excluding hydrogens is 318 g/mol. The molecule has 0 saturated heterocycles. The summed E-state index contributed by atoms with van der Waals surface area (Å²) < 4.78 is 6.96. The number of rotatable bonds is 4. The second kappa shape index (κ2) is 5.84. The topological polar surface area (TPSA) is 85.8 Å². The molecule has 0 atom stereocenters. The molecule has 0 unspecified atom stereocenters. The van der Waals surface area contributed by atoms with Crippen molar-refractivity contribution >= 4 is 11.7 Å². The average Bonchev–Trinajstić information content (AvgIpc) is 3.19. The average molecular weight is 337 g/mol. The Morgan fingerprint density at radius 2 is 1.96 bits per heavy atom. The number of aryl methyl sites for hydroxylation is 3. The zero-order valence-corrected chi connectivity index (χ0v) is 14.4. The van der Waals surface area contributed by atoms with Crippen molar-refractivity contribution in [2.24, 2.45) is 7.05 Å². The fraction of sp³-hybridized carbons (Fsp3) is 0.333. The van der Waals surface area contributed by atoms with Crippen LogP contribution < -0.4 is 5.32 Å². The van der Waals surface area contributed by atoms with E-state index in [0.29, 0.717) is 28.8 Å². The fourth-order valence-electron chi connectivity index (χ4n) is 2.88. The Labute approximate surface area is 145 Å². The minimum atomic E-state index is -0.196. The highest BCUT2D eigenvalue weighted by molar-refractivity contribution is 6.05. The van der Waals surface area contributed by atoms with E-state index in [4.69, 9.17) is 4.52 Å². The van der Waals surface area contributed by atoms with Gasteiger partial charge in [0.2, 0.25) is 0 Å². The van der Waals surface area contributed by atoms with Crippen LogP contribution in [-0.4, -0.2) is 25.8 Å². The highest BCUT2D eigenvalue weighted by Gasteiger charge is 2.30. The summed E-state index contributed by atoms with van der Waals surface area (Å²) in [5.41, 5.74) is 3.32. The first kappa shape index (κ1) is 15.6.